The summed E-state index contributed by atoms with van der Waals surface area (Å²) in [5.41, 5.74) is 19.3. The lowest BCUT2D eigenvalue weighted by Crippen LogP contribution is -2.59. The number of carboxylic acid groups (broad SMARTS) is 1. The zero-order chi connectivity index (χ0) is 55.4. The lowest BCUT2D eigenvalue weighted by molar-refractivity contribution is -0.142. The number of phenols is 2. The lowest BCUT2D eigenvalue weighted by Gasteiger charge is -2.27. The SMILES string of the molecule is CC(C)C[C@H](NC(=O)[C@@H](N)Cc1ccc(O)cc1)C(=O)N[C@@H](Cc1ccc(O)cc1)C(=O)N[C@@H](CCC(N)=O)C(=O)NCC(=O)N[C@@H](CS)C(=O)N[C@@H](CCC(N)=O)C(=O)N[C@@H](Cc1c[nH]c2ccccc12)C(=O)O. The van der Waals surface area contributed by atoms with Crippen LogP contribution < -0.4 is 54.4 Å². The number of aliphatic carboxylic acids is 1. The van der Waals surface area contributed by atoms with Crippen LogP contribution in [0.15, 0.2) is 79.0 Å². The maximum Gasteiger partial charge on any atom is 0.326 e. The lowest BCUT2D eigenvalue weighted by atomic mass is 9.99. The van der Waals surface area contributed by atoms with E-state index in [0.29, 0.717) is 16.7 Å². The average Bonchev–Trinajstić information content (AvgIpc) is 3.77. The molecule has 0 saturated heterocycles. The number of hydrogen-bond donors (Lipinski definition) is 15. The smallest absolute Gasteiger partial charge is 0.326 e. The highest BCUT2D eigenvalue weighted by Gasteiger charge is 2.33. The highest BCUT2D eigenvalue weighted by atomic mass is 32.1. The minimum absolute atomic E-state index is 0.0209. The molecule has 0 aliphatic heterocycles. The number of aromatic hydroxyl groups is 2. The molecule has 0 bridgehead atoms. The third-order valence-electron chi connectivity index (χ3n) is 11.7. The van der Waals surface area contributed by atoms with Crippen LogP contribution >= 0.6 is 12.6 Å². The Balaban J connectivity index is 1.44. The van der Waals surface area contributed by atoms with Gasteiger partial charge < -0.3 is 74.7 Å². The van der Waals surface area contributed by atoms with Crippen molar-refractivity contribution in [2.45, 2.75) is 108 Å². The van der Waals surface area contributed by atoms with Gasteiger partial charge in [-0.3, -0.25) is 43.2 Å². The van der Waals surface area contributed by atoms with E-state index in [1.54, 1.807) is 56.4 Å². The van der Waals surface area contributed by atoms with Gasteiger partial charge in [0, 0.05) is 48.5 Å². The molecule has 17 N–H and O–H groups in total. The number of nitrogens with one attached hydrogen (secondary N) is 8. The van der Waals surface area contributed by atoms with Crippen LogP contribution in [-0.2, 0) is 67.2 Å². The summed E-state index contributed by atoms with van der Waals surface area (Å²) in [6.45, 7) is 2.80. The number of fused-ring (bicyclic) bond motifs is 1. The quantitative estimate of drug-likeness (QED) is 0.0266. The fourth-order valence-electron chi connectivity index (χ4n) is 7.69. The van der Waals surface area contributed by atoms with Crippen LogP contribution in [0, 0.1) is 5.92 Å². The third kappa shape index (κ3) is 19.6. The molecule has 0 radical (unpaired) electrons. The Labute approximate surface area is 436 Å². The topological polar surface area (TPSA) is 409 Å². The van der Waals surface area contributed by atoms with Crippen molar-refractivity contribution in [3.05, 3.63) is 95.7 Å². The van der Waals surface area contributed by atoms with Gasteiger partial charge in [-0.15, -0.1) is 0 Å². The summed E-state index contributed by atoms with van der Waals surface area (Å²) < 4.78 is 0. The van der Waals surface area contributed by atoms with E-state index in [1.165, 1.54) is 36.4 Å². The fraction of sp³-hybridized carbons (Fsp3) is 0.400. The van der Waals surface area contributed by atoms with Crippen molar-refractivity contribution in [2.24, 2.45) is 23.1 Å². The number of aromatic amines is 1. The monoisotopic (exact) mass is 1060 g/mol. The number of amides is 9. The van der Waals surface area contributed by atoms with Crippen LogP contribution in [0.5, 0.6) is 11.5 Å². The highest BCUT2D eigenvalue weighted by molar-refractivity contribution is 7.80. The second-order valence-electron chi connectivity index (χ2n) is 18.2. The summed E-state index contributed by atoms with van der Waals surface area (Å²) in [5.74, 6) is -9.89. The van der Waals surface area contributed by atoms with Crippen molar-refractivity contribution < 1.29 is 63.3 Å². The van der Waals surface area contributed by atoms with E-state index in [0.717, 1.165) is 10.9 Å². The molecule has 404 valence electrons. The summed E-state index contributed by atoms with van der Waals surface area (Å²) in [5, 5.41) is 47.5. The van der Waals surface area contributed by atoms with Crippen LogP contribution in [0.4, 0.5) is 0 Å². The van der Waals surface area contributed by atoms with Gasteiger partial charge in [-0.2, -0.15) is 12.6 Å². The molecule has 25 heteroatoms. The molecule has 4 rings (SSSR count). The zero-order valence-corrected chi connectivity index (χ0v) is 42.2. The number of carboxylic acids is 1. The summed E-state index contributed by atoms with van der Waals surface area (Å²) in [4.78, 5) is 134. The van der Waals surface area contributed by atoms with Gasteiger partial charge in [-0.25, -0.2) is 4.79 Å². The molecule has 0 fully saturated rings. The number of nitrogens with two attached hydrogens (primary N) is 3. The van der Waals surface area contributed by atoms with E-state index < -0.39 is 121 Å². The molecule has 75 heavy (non-hydrogen) atoms. The molecule has 1 aromatic heterocycles. The molecule has 0 aliphatic rings. The van der Waals surface area contributed by atoms with E-state index in [2.05, 4.69) is 54.8 Å². The number of rotatable bonds is 30. The molecule has 9 amide bonds. The van der Waals surface area contributed by atoms with Crippen molar-refractivity contribution in [1.29, 1.82) is 0 Å². The molecule has 0 spiro atoms. The van der Waals surface area contributed by atoms with Gasteiger partial charge in [0.15, 0.2) is 0 Å². The Morgan fingerprint density at radius 3 is 1.60 bits per heavy atom. The number of para-hydroxylation sites is 1. The Hall–Kier alpha value is -8.19. The predicted molar refractivity (Wildman–Crippen MR) is 276 cm³/mol. The zero-order valence-electron chi connectivity index (χ0n) is 41.3. The Morgan fingerprint density at radius 1 is 0.573 bits per heavy atom. The van der Waals surface area contributed by atoms with Gasteiger partial charge in [0.2, 0.25) is 53.2 Å². The Morgan fingerprint density at radius 2 is 1.05 bits per heavy atom. The molecule has 1 heterocycles. The van der Waals surface area contributed by atoms with E-state index in [1.807, 2.05) is 0 Å². The number of benzene rings is 3. The number of H-pyrrole nitrogens is 1. The molecule has 0 unspecified atom stereocenters. The van der Waals surface area contributed by atoms with Crippen LogP contribution in [0.2, 0.25) is 0 Å². The summed E-state index contributed by atoms with van der Waals surface area (Å²) >= 11 is 4.15. The van der Waals surface area contributed by atoms with Crippen molar-refractivity contribution in [2.75, 3.05) is 12.3 Å². The molecular weight excluding hydrogens is 995 g/mol. The predicted octanol–water partition coefficient (Wildman–Crippen LogP) is -1.45. The van der Waals surface area contributed by atoms with Crippen LogP contribution in [0.25, 0.3) is 10.9 Å². The summed E-state index contributed by atoms with van der Waals surface area (Å²) in [6.07, 6.45) is -0.0873. The van der Waals surface area contributed by atoms with Crippen LogP contribution in [0.3, 0.4) is 0 Å². The molecule has 4 aromatic rings. The standard InChI is InChI=1S/C50H65N11O13S/c1-26(2)19-37(59-44(67)33(51)20-27-7-11-30(62)12-8-27)47(70)60-38(21-28-9-13-31(63)14-10-28)48(71)57-35(15-17-41(52)64)45(68)55-24-43(66)56-40(25-75)49(72)58-36(16-18-42(53)65)46(69)61-39(50(73)74)22-29-23-54-34-6-4-3-5-32(29)34/h3-14,23,26,33,35-40,54,62-63,75H,15-22,24-25,51H2,1-2H3,(H2,52,64)(H2,53,65)(H,55,68)(H,56,66)(H,57,71)(H,58,72)(H,59,67)(H,60,70)(H,61,69)(H,73,74)/t33-,35-,36-,37-,38-,39-,40-/m0/s1. The highest BCUT2D eigenvalue weighted by Crippen LogP contribution is 2.20. The summed E-state index contributed by atoms with van der Waals surface area (Å²) in [7, 11) is 0. The first-order valence-electron chi connectivity index (χ1n) is 23.9. The maximum absolute atomic E-state index is 14.1. The van der Waals surface area contributed by atoms with E-state index in [9.17, 15) is 63.3 Å². The number of carbonyl (C=O) groups excluding carboxylic acids is 9. The van der Waals surface area contributed by atoms with Crippen molar-refractivity contribution in [3.8, 4) is 11.5 Å². The van der Waals surface area contributed by atoms with Gasteiger partial charge in [0.25, 0.3) is 0 Å². The number of hydrogen-bond acceptors (Lipinski definition) is 14. The van der Waals surface area contributed by atoms with Gasteiger partial charge in [-0.05, 0) is 78.6 Å². The van der Waals surface area contributed by atoms with E-state index >= 15 is 0 Å². The second-order valence-corrected chi connectivity index (χ2v) is 18.6. The van der Waals surface area contributed by atoms with Gasteiger partial charge in [0.1, 0.15) is 47.8 Å². The van der Waals surface area contributed by atoms with Crippen LogP contribution in [-0.4, -0.2) is 134 Å². The minimum Gasteiger partial charge on any atom is -0.508 e. The molecule has 24 nitrogen and oxygen atoms in total. The van der Waals surface area contributed by atoms with Crippen molar-refractivity contribution >= 4 is 82.7 Å². The normalized spacial score (nSPS) is 13.9. The minimum atomic E-state index is -1.54. The second kappa shape index (κ2) is 28.9. The molecule has 3 aromatic carbocycles. The van der Waals surface area contributed by atoms with Gasteiger partial charge >= 0.3 is 5.97 Å². The first-order valence-corrected chi connectivity index (χ1v) is 24.5. The molecule has 7 atom stereocenters. The first-order chi connectivity index (χ1) is 35.5. The first kappa shape index (κ1) is 59.4. The van der Waals surface area contributed by atoms with E-state index in [-0.39, 0.29) is 61.7 Å². The maximum atomic E-state index is 14.1. The number of aromatic nitrogens is 1. The van der Waals surface area contributed by atoms with Gasteiger partial charge in [-0.1, -0.05) is 56.3 Å². The average molecular weight is 1060 g/mol. The van der Waals surface area contributed by atoms with Crippen molar-refractivity contribution in [3.63, 3.8) is 0 Å². The third-order valence-corrected chi connectivity index (χ3v) is 12.0. The Kier molecular flexibility index (Phi) is 22.9. The van der Waals surface area contributed by atoms with Gasteiger partial charge in [0.05, 0.1) is 12.6 Å². The molecule has 0 saturated carbocycles. The number of carbonyl (C=O) groups is 10. The van der Waals surface area contributed by atoms with E-state index in [4.69, 9.17) is 17.2 Å². The largest absolute Gasteiger partial charge is 0.508 e. The van der Waals surface area contributed by atoms with Crippen molar-refractivity contribution in [1.82, 2.24) is 42.2 Å². The fourth-order valence-corrected chi connectivity index (χ4v) is 7.95. The number of phenolic OH excluding ortho intramolecular Hbond substituents is 2. The molecule has 0 aliphatic carbocycles. The summed E-state index contributed by atoms with van der Waals surface area (Å²) in [6, 6.07) is 9.13. The van der Waals surface area contributed by atoms with Crippen LogP contribution in [0.1, 0.15) is 62.6 Å². The number of thiol groups is 1. The Bertz CT molecular complexity index is 2670. The molecular formula is C50H65N11O13S. The number of primary amides is 2.